The third-order valence-corrected chi connectivity index (χ3v) is 2.97. The molecule has 1 unspecified atom stereocenters. The van der Waals surface area contributed by atoms with Crippen molar-refractivity contribution < 1.29 is 4.42 Å². The molecule has 1 N–H and O–H groups in total. The standard InChI is InChI=1S/C10H17N3O/c1-7(11-2)10-13-12-9(14-10)6-8-4-3-5-8/h7-8,11H,3-6H2,1-2H3. The van der Waals surface area contributed by atoms with Gasteiger partial charge in [-0.3, -0.25) is 0 Å². The predicted molar refractivity (Wildman–Crippen MR) is 52.8 cm³/mol. The Bertz CT molecular complexity index is 293. The van der Waals surface area contributed by atoms with Crippen LogP contribution in [-0.2, 0) is 6.42 Å². The van der Waals surface area contributed by atoms with E-state index in [4.69, 9.17) is 4.42 Å². The first-order valence-corrected chi connectivity index (χ1v) is 5.29. The van der Waals surface area contributed by atoms with Crippen molar-refractivity contribution >= 4 is 0 Å². The highest BCUT2D eigenvalue weighted by Gasteiger charge is 2.21. The summed E-state index contributed by atoms with van der Waals surface area (Å²) in [6.07, 6.45) is 4.96. The summed E-state index contributed by atoms with van der Waals surface area (Å²) in [6.45, 7) is 2.01. The summed E-state index contributed by atoms with van der Waals surface area (Å²) in [5, 5.41) is 11.1. The SMILES string of the molecule is CNC(C)c1nnc(CC2CCC2)o1. The first kappa shape index (κ1) is 9.65. The Morgan fingerprint density at radius 1 is 1.50 bits per heavy atom. The molecule has 1 saturated carbocycles. The van der Waals surface area contributed by atoms with E-state index in [2.05, 4.69) is 15.5 Å². The highest BCUT2D eigenvalue weighted by atomic mass is 16.4. The van der Waals surface area contributed by atoms with Crippen molar-refractivity contribution in [3.05, 3.63) is 11.8 Å². The van der Waals surface area contributed by atoms with Crippen molar-refractivity contribution in [3.8, 4) is 0 Å². The van der Waals surface area contributed by atoms with E-state index >= 15 is 0 Å². The van der Waals surface area contributed by atoms with Gasteiger partial charge in [-0.05, 0) is 32.7 Å². The first-order valence-electron chi connectivity index (χ1n) is 5.29. The Hall–Kier alpha value is -0.900. The van der Waals surface area contributed by atoms with Gasteiger partial charge in [0.1, 0.15) is 0 Å². The third kappa shape index (κ3) is 1.95. The molecule has 0 aliphatic heterocycles. The highest BCUT2D eigenvalue weighted by Crippen LogP contribution is 2.29. The van der Waals surface area contributed by atoms with Crippen LogP contribution in [0, 0.1) is 5.92 Å². The maximum Gasteiger partial charge on any atom is 0.233 e. The lowest BCUT2D eigenvalue weighted by Crippen LogP contribution is -2.14. The molecule has 0 amide bonds. The van der Waals surface area contributed by atoms with E-state index in [-0.39, 0.29) is 6.04 Å². The van der Waals surface area contributed by atoms with E-state index in [9.17, 15) is 0 Å². The van der Waals surface area contributed by atoms with Gasteiger partial charge in [0.2, 0.25) is 11.8 Å². The molecule has 0 spiro atoms. The van der Waals surface area contributed by atoms with Gasteiger partial charge >= 0.3 is 0 Å². The number of aromatic nitrogens is 2. The summed E-state index contributed by atoms with van der Waals surface area (Å²) >= 11 is 0. The molecule has 1 heterocycles. The second kappa shape index (κ2) is 4.09. The average Bonchev–Trinajstić information content (AvgIpc) is 2.58. The van der Waals surface area contributed by atoms with Gasteiger partial charge in [-0.15, -0.1) is 10.2 Å². The summed E-state index contributed by atoms with van der Waals surface area (Å²) in [6, 6.07) is 0.151. The normalized spacial score (nSPS) is 19.3. The molecule has 1 atom stereocenters. The summed E-state index contributed by atoms with van der Waals surface area (Å²) in [5.74, 6) is 2.28. The zero-order valence-corrected chi connectivity index (χ0v) is 8.79. The molecule has 1 fully saturated rings. The van der Waals surface area contributed by atoms with Crippen molar-refractivity contribution in [1.29, 1.82) is 0 Å². The molecule has 14 heavy (non-hydrogen) atoms. The molecule has 78 valence electrons. The molecule has 1 aromatic rings. The van der Waals surface area contributed by atoms with Crippen LogP contribution >= 0.6 is 0 Å². The van der Waals surface area contributed by atoms with Crippen LogP contribution in [0.3, 0.4) is 0 Å². The minimum atomic E-state index is 0.151. The molecule has 0 bridgehead atoms. The quantitative estimate of drug-likeness (QED) is 0.794. The minimum Gasteiger partial charge on any atom is -0.424 e. The van der Waals surface area contributed by atoms with Crippen LogP contribution in [-0.4, -0.2) is 17.2 Å². The molecule has 1 aromatic heterocycles. The Balaban J connectivity index is 1.94. The van der Waals surface area contributed by atoms with Crippen LogP contribution in [0.4, 0.5) is 0 Å². The molecule has 1 aliphatic carbocycles. The molecular formula is C10H17N3O. The van der Waals surface area contributed by atoms with Crippen molar-refractivity contribution in [2.75, 3.05) is 7.05 Å². The highest BCUT2D eigenvalue weighted by molar-refractivity contribution is 4.90. The lowest BCUT2D eigenvalue weighted by atomic mass is 9.83. The minimum absolute atomic E-state index is 0.151. The van der Waals surface area contributed by atoms with Crippen LogP contribution in [0.1, 0.15) is 44.0 Å². The van der Waals surface area contributed by atoms with Gasteiger partial charge in [0.15, 0.2) is 0 Å². The zero-order valence-electron chi connectivity index (χ0n) is 8.79. The Morgan fingerprint density at radius 2 is 2.29 bits per heavy atom. The van der Waals surface area contributed by atoms with Gasteiger partial charge in [0, 0.05) is 6.42 Å². The van der Waals surface area contributed by atoms with E-state index < -0.39 is 0 Å². The summed E-state index contributed by atoms with van der Waals surface area (Å²) < 4.78 is 5.56. The van der Waals surface area contributed by atoms with Gasteiger partial charge < -0.3 is 9.73 Å². The zero-order chi connectivity index (χ0) is 9.97. The first-order chi connectivity index (χ1) is 6.79. The fraction of sp³-hybridized carbons (Fsp3) is 0.800. The van der Waals surface area contributed by atoms with Crippen molar-refractivity contribution in [1.82, 2.24) is 15.5 Å². The van der Waals surface area contributed by atoms with Gasteiger partial charge in [-0.1, -0.05) is 6.42 Å². The summed E-state index contributed by atoms with van der Waals surface area (Å²) in [7, 11) is 1.89. The monoisotopic (exact) mass is 195 g/mol. The topological polar surface area (TPSA) is 51.0 Å². The molecule has 0 saturated heterocycles. The molecule has 0 aromatic carbocycles. The van der Waals surface area contributed by atoms with E-state index in [0.717, 1.165) is 18.2 Å². The van der Waals surface area contributed by atoms with Crippen LogP contribution in [0.25, 0.3) is 0 Å². The summed E-state index contributed by atoms with van der Waals surface area (Å²) in [5.41, 5.74) is 0. The van der Waals surface area contributed by atoms with Crippen molar-refractivity contribution in [2.24, 2.45) is 5.92 Å². The number of hydrogen-bond acceptors (Lipinski definition) is 4. The third-order valence-electron chi connectivity index (χ3n) is 2.97. The lowest BCUT2D eigenvalue weighted by molar-refractivity contribution is 0.284. The van der Waals surface area contributed by atoms with E-state index in [1.54, 1.807) is 0 Å². The number of rotatable bonds is 4. The molecular weight excluding hydrogens is 178 g/mol. The number of nitrogens with zero attached hydrogens (tertiary/aromatic N) is 2. The maximum absolute atomic E-state index is 5.56. The van der Waals surface area contributed by atoms with Crippen molar-refractivity contribution in [3.63, 3.8) is 0 Å². The second-order valence-corrected chi connectivity index (χ2v) is 4.05. The van der Waals surface area contributed by atoms with Crippen LogP contribution in [0.5, 0.6) is 0 Å². The van der Waals surface area contributed by atoms with E-state index in [1.165, 1.54) is 19.3 Å². The van der Waals surface area contributed by atoms with Gasteiger partial charge in [0.25, 0.3) is 0 Å². The van der Waals surface area contributed by atoms with E-state index in [0.29, 0.717) is 5.89 Å². The predicted octanol–water partition coefficient (Wildman–Crippen LogP) is 1.69. The Morgan fingerprint density at radius 3 is 2.86 bits per heavy atom. The molecule has 2 rings (SSSR count). The maximum atomic E-state index is 5.56. The van der Waals surface area contributed by atoms with Gasteiger partial charge in [0.05, 0.1) is 6.04 Å². The summed E-state index contributed by atoms with van der Waals surface area (Å²) in [4.78, 5) is 0. The fourth-order valence-electron chi connectivity index (χ4n) is 1.59. The Labute approximate surface area is 84.1 Å². The van der Waals surface area contributed by atoms with Crippen LogP contribution in [0.15, 0.2) is 4.42 Å². The average molecular weight is 195 g/mol. The van der Waals surface area contributed by atoms with Gasteiger partial charge in [-0.25, -0.2) is 0 Å². The molecule has 4 nitrogen and oxygen atoms in total. The smallest absolute Gasteiger partial charge is 0.233 e. The fourth-order valence-corrected chi connectivity index (χ4v) is 1.59. The number of hydrogen-bond donors (Lipinski definition) is 1. The van der Waals surface area contributed by atoms with Crippen molar-refractivity contribution in [2.45, 2.75) is 38.6 Å². The number of nitrogens with one attached hydrogen (secondary N) is 1. The van der Waals surface area contributed by atoms with E-state index in [1.807, 2.05) is 14.0 Å². The molecule has 0 radical (unpaired) electrons. The largest absolute Gasteiger partial charge is 0.424 e. The molecule has 4 heteroatoms. The van der Waals surface area contributed by atoms with Crippen LogP contribution in [0.2, 0.25) is 0 Å². The second-order valence-electron chi connectivity index (χ2n) is 4.05. The van der Waals surface area contributed by atoms with Gasteiger partial charge in [-0.2, -0.15) is 0 Å². The molecule has 1 aliphatic rings. The lowest BCUT2D eigenvalue weighted by Gasteiger charge is -2.23. The van der Waals surface area contributed by atoms with Crippen LogP contribution < -0.4 is 5.32 Å². The Kier molecular flexibility index (Phi) is 2.82.